The Morgan fingerprint density at radius 3 is 2.86 bits per heavy atom. The van der Waals surface area contributed by atoms with Crippen molar-refractivity contribution < 1.29 is 9.59 Å². The van der Waals surface area contributed by atoms with Crippen LogP contribution >= 0.6 is 11.6 Å². The van der Waals surface area contributed by atoms with Crippen molar-refractivity contribution in [3.63, 3.8) is 0 Å². The standard InChI is InChI=1S/C26H22ClN7O2/c27-13-24(35)31-21-5-2-1-4-18(21)26(36)33-11-8-16(15-33)22-12-19-17(7-10-28-25(19)32-22)20-14-30-34-23(20)6-3-9-29-34/h1-7,9-10,12,14,16H,8,11,13,15H2,(H,28,32)(H,31,35). The first-order valence-corrected chi connectivity index (χ1v) is 12.2. The summed E-state index contributed by atoms with van der Waals surface area (Å²) in [6.07, 6.45) is 6.14. The van der Waals surface area contributed by atoms with Crippen molar-refractivity contribution in [2.24, 2.45) is 0 Å². The van der Waals surface area contributed by atoms with Crippen molar-refractivity contribution in [2.45, 2.75) is 12.3 Å². The molecule has 1 aliphatic rings. The number of nitrogens with one attached hydrogen (secondary N) is 2. The lowest BCUT2D eigenvalue weighted by Crippen LogP contribution is -2.29. The Balaban J connectivity index is 1.27. The highest BCUT2D eigenvalue weighted by atomic mass is 35.5. The van der Waals surface area contributed by atoms with E-state index >= 15 is 0 Å². The minimum Gasteiger partial charge on any atom is -0.343 e. The number of para-hydroxylation sites is 1. The average molecular weight is 500 g/mol. The monoisotopic (exact) mass is 499 g/mol. The van der Waals surface area contributed by atoms with E-state index in [9.17, 15) is 9.59 Å². The number of halogens is 1. The zero-order valence-corrected chi connectivity index (χ0v) is 19.9. The molecular formula is C26H22ClN7O2. The van der Waals surface area contributed by atoms with Crippen molar-refractivity contribution in [1.29, 1.82) is 0 Å². The highest BCUT2D eigenvalue weighted by molar-refractivity contribution is 6.29. The topological polar surface area (TPSA) is 108 Å². The number of H-pyrrole nitrogens is 1. The molecule has 0 bridgehead atoms. The molecule has 10 heteroatoms. The summed E-state index contributed by atoms with van der Waals surface area (Å²) < 4.78 is 1.61. The number of alkyl halides is 1. The smallest absolute Gasteiger partial charge is 0.255 e. The van der Waals surface area contributed by atoms with E-state index in [1.807, 2.05) is 29.3 Å². The molecule has 5 heterocycles. The van der Waals surface area contributed by atoms with Crippen LogP contribution in [0, 0.1) is 0 Å². The summed E-state index contributed by atoms with van der Waals surface area (Å²) in [6.45, 7) is 1.19. The maximum absolute atomic E-state index is 13.3. The first-order valence-electron chi connectivity index (χ1n) is 11.6. The predicted octanol–water partition coefficient (Wildman–Crippen LogP) is 4.08. The predicted molar refractivity (Wildman–Crippen MR) is 137 cm³/mol. The lowest BCUT2D eigenvalue weighted by molar-refractivity contribution is -0.113. The van der Waals surface area contributed by atoms with Gasteiger partial charge in [-0.3, -0.25) is 9.59 Å². The molecular weight excluding hydrogens is 478 g/mol. The van der Waals surface area contributed by atoms with Crippen LogP contribution < -0.4 is 5.32 Å². The molecule has 6 rings (SSSR count). The molecule has 0 aliphatic carbocycles. The second kappa shape index (κ2) is 9.09. The van der Waals surface area contributed by atoms with Gasteiger partial charge in [-0.25, -0.2) is 4.98 Å². The summed E-state index contributed by atoms with van der Waals surface area (Å²) in [4.78, 5) is 35.0. The third-order valence-electron chi connectivity index (χ3n) is 6.61. The summed E-state index contributed by atoms with van der Waals surface area (Å²) in [6, 6.07) is 15.0. The largest absolute Gasteiger partial charge is 0.343 e. The van der Waals surface area contributed by atoms with Gasteiger partial charge >= 0.3 is 0 Å². The van der Waals surface area contributed by atoms with Gasteiger partial charge in [-0.05, 0) is 48.4 Å². The number of amides is 2. The van der Waals surface area contributed by atoms with Crippen LogP contribution in [0.15, 0.2) is 67.1 Å². The van der Waals surface area contributed by atoms with Crippen LogP contribution in [0.3, 0.4) is 0 Å². The van der Waals surface area contributed by atoms with Gasteiger partial charge in [0, 0.05) is 48.0 Å². The van der Waals surface area contributed by atoms with Gasteiger partial charge in [0.25, 0.3) is 5.91 Å². The third-order valence-corrected chi connectivity index (χ3v) is 6.86. The maximum Gasteiger partial charge on any atom is 0.255 e. The van der Waals surface area contributed by atoms with Crippen LogP contribution in [0.1, 0.15) is 28.4 Å². The normalized spacial score (nSPS) is 15.6. The van der Waals surface area contributed by atoms with E-state index in [1.54, 1.807) is 41.3 Å². The number of aromatic amines is 1. The van der Waals surface area contributed by atoms with Crippen molar-refractivity contribution in [2.75, 3.05) is 24.3 Å². The molecule has 1 fully saturated rings. The van der Waals surface area contributed by atoms with Crippen LogP contribution in [-0.4, -0.2) is 60.5 Å². The minimum absolute atomic E-state index is 0.114. The average Bonchev–Trinajstić information content (AvgIpc) is 3.66. The molecule has 0 radical (unpaired) electrons. The first-order chi connectivity index (χ1) is 17.6. The van der Waals surface area contributed by atoms with Crippen LogP contribution in [0.2, 0.25) is 0 Å². The number of likely N-dealkylation sites (tertiary alicyclic amines) is 1. The number of hydrogen-bond acceptors (Lipinski definition) is 5. The van der Waals surface area contributed by atoms with Crippen LogP contribution in [0.5, 0.6) is 0 Å². The van der Waals surface area contributed by atoms with E-state index in [1.165, 1.54) is 0 Å². The van der Waals surface area contributed by atoms with E-state index in [-0.39, 0.29) is 23.6 Å². The van der Waals surface area contributed by atoms with Crippen LogP contribution in [-0.2, 0) is 4.79 Å². The molecule has 1 atom stereocenters. The third kappa shape index (κ3) is 3.87. The number of anilines is 1. The lowest BCUT2D eigenvalue weighted by Gasteiger charge is -2.18. The molecule has 5 aromatic rings. The first kappa shape index (κ1) is 22.2. The highest BCUT2D eigenvalue weighted by Crippen LogP contribution is 2.35. The number of rotatable bonds is 5. The van der Waals surface area contributed by atoms with Crippen molar-refractivity contribution >= 4 is 45.7 Å². The van der Waals surface area contributed by atoms with Gasteiger partial charge in [0.15, 0.2) is 0 Å². The Hall–Kier alpha value is -4.24. The fraction of sp³-hybridized carbons (Fsp3) is 0.192. The van der Waals surface area contributed by atoms with E-state index in [2.05, 4.69) is 31.5 Å². The second-order valence-corrected chi connectivity index (χ2v) is 9.03. The van der Waals surface area contributed by atoms with Gasteiger partial charge < -0.3 is 15.2 Å². The van der Waals surface area contributed by atoms with Crippen molar-refractivity contribution in [1.82, 2.24) is 29.7 Å². The SMILES string of the molecule is O=C(CCl)Nc1ccccc1C(=O)N1CCC(c2cc3c(-c4cnn5ncccc45)ccnc3[nH]2)C1. The van der Waals surface area contributed by atoms with E-state index in [0.717, 1.165) is 39.8 Å². The number of fused-ring (bicyclic) bond motifs is 2. The molecule has 36 heavy (non-hydrogen) atoms. The number of carbonyl (C=O) groups excluding carboxylic acids is 2. The molecule has 1 saturated heterocycles. The fourth-order valence-corrected chi connectivity index (χ4v) is 4.94. The van der Waals surface area contributed by atoms with Gasteiger partial charge in [0.05, 0.1) is 23.0 Å². The van der Waals surface area contributed by atoms with Gasteiger partial charge in [-0.15, -0.1) is 11.6 Å². The molecule has 4 aromatic heterocycles. The number of aromatic nitrogens is 5. The summed E-state index contributed by atoms with van der Waals surface area (Å²) in [5.41, 5.74) is 5.70. The Kier molecular flexibility index (Phi) is 5.61. The van der Waals surface area contributed by atoms with E-state index < -0.39 is 0 Å². The second-order valence-electron chi connectivity index (χ2n) is 8.77. The zero-order chi connectivity index (χ0) is 24.6. The van der Waals surface area contributed by atoms with Gasteiger partial charge in [0.1, 0.15) is 11.5 Å². The molecule has 2 N–H and O–H groups in total. The summed E-state index contributed by atoms with van der Waals surface area (Å²) in [7, 11) is 0. The number of hydrogen-bond donors (Lipinski definition) is 2. The van der Waals surface area contributed by atoms with Crippen LogP contribution in [0.25, 0.3) is 27.7 Å². The summed E-state index contributed by atoms with van der Waals surface area (Å²) in [5, 5.41) is 12.4. The molecule has 1 unspecified atom stereocenters. The molecule has 0 saturated carbocycles. The number of pyridine rings is 1. The molecule has 1 aliphatic heterocycles. The minimum atomic E-state index is -0.348. The Bertz CT molecular complexity index is 1610. The molecule has 1 aromatic carbocycles. The number of benzene rings is 1. The number of carbonyl (C=O) groups is 2. The van der Waals surface area contributed by atoms with Gasteiger partial charge in [0.2, 0.25) is 5.91 Å². The highest BCUT2D eigenvalue weighted by Gasteiger charge is 2.30. The summed E-state index contributed by atoms with van der Waals surface area (Å²) in [5.74, 6) is -0.487. The number of nitrogens with zero attached hydrogens (tertiary/aromatic N) is 5. The Labute approximate surface area is 211 Å². The zero-order valence-electron chi connectivity index (χ0n) is 19.2. The maximum atomic E-state index is 13.3. The molecule has 9 nitrogen and oxygen atoms in total. The quantitative estimate of drug-likeness (QED) is 0.354. The van der Waals surface area contributed by atoms with Crippen molar-refractivity contribution in [3.8, 4) is 11.1 Å². The van der Waals surface area contributed by atoms with Crippen LogP contribution in [0.4, 0.5) is 5.69 Å². The Morgan fingerprint density at radius 1 is 1.08 bits per heavy atom. The lowest BCUT2D eigenvalue weighted by atomic mass is 10.0. The summed E-state index contributed by atoms with van der Waals surface area (Å²) >= 11 is 5.63. The Morgan fingerprint density at radius 2 is 1.97 bits per heavy atom. The van der Waals surface area contributed by atoms with E-state index in [0.29, 0.717) is 24.3 Å². The van der Waals surface area contributed by atoms with Crippen molar-refractivity contribution in [3.05, 3.63) is 78.4 Å². The van der Waals surface area contributed by atoms with Gasteiger partial charge in [-0.2, -0.15) is 14.8 Å². The molecule has 180 valence electrons. The molecule has 2 amide bonds. The van der Waals surface area contributed by atoms with E-state index in [4.69, 9.17) is 11.6 Å². The fourth-order valence-electron chi connectivity index (χ4n) is 4.87. The molecule has 0 spiro atoms. The van der Waals surface area contributed by atoms with Gasteiger partial charge in [-0.1, -0.05) is 12.1 Å².